The summed E-state index contributed by atoms with van der Waals surface area (Å²) < 4.78 is 0. The molecule has 0 aromatic rings. The van der Waals surface area contributed by atoms with E-state index in [1.54, 1.807) is 4.90 Å². The Bertz CT molecular complexity index is 193. The second-order valence-electron chi connectivity index (χ2n) is 3.97. The summed E-state index contributed by atoms with van der Waals surface area (Å²) in [5, 5.41) is 0. The number of thioether (sulfide) groups is 1. The van der Waals surface area contributed by atoms with Gasteiger partial charge in [0.05, 0.1) is 6.04 Å². The molecule has 0 aliphatic heterocycles. The number of hydrogen-bond donors (Lipinski definition) is 1. The van der Waals surface area contributed by atoms with Crippen LogP contribution in [0.3, 0.4) is 0 Å². The molecule has 0 aromatic carbocycles. The van der Waals surface area contributed by atoms with E-state index in [1.807, 2.05) is 25.7 Å². The lowest BCUT2D eigenvalue weighted by atomic mass is 10.1. The minimum Gasteiger partial charge on any atom is -0.342 e. The first-order valence-electron chi connectivity index (χ1n) is 5.55. The van der Waals surface area contributed by atoms with E-state index in [0.717, 1.165) is 25.0 Å². The smallest absolute Gasteiger partial charge is 0.239 e. The molecule has 0 aliphatic carbocycles. The van der Waals surface area contributed by atoms with Gasteiger partial charge in [0.25, 0.3) is 0 Å². The fourth-order valence-electron chi connectivity index (χ4n) is 1.40. The van der Waals surface area contributed by atoms with Gasteiger partial charge in [-0.1, -0.05) is 13.3 Å². The molecule has 0 radical (unpaired) electrons. The van der Waals surface area contributed by atoms with E-state index >= 15 is 0 Å². The van der Waals surface area contributed by atoms with E-state index in [9.17, 15) is 4.79 Å². The Morgan fingerprint density at radius 3 is 2.44 bits per heavy atom. The summed E-state index contributed by atoms with van der Waals surface area (Å²) in [6, 6.07) is -0.0374. The topological polar surface area (TPSA) is 46.3 Å². The quantitative estimate of drug-likeness (QED) is 0.770. The van der Waals surface area contributed by atoms with Crippen LogP contribution in [0.25, 0.3) is 0 Å². The van der Waals surface area contributed by atoms with Crippen LogP contribution in [0, 0.1) is 0 Å². The van der Waals surface area contributed by atoms with E-state index in [1.165, 1.54) is 0 Å². The molecular weight excluding hydrogens is 244 g/mol. The molecule has 0 bridgehead atoms. The Labute approximate surface area is 110 Å². The zero-order chi connectivity index (χ0) is 11.8. The molecule has 0 heterocycles. The molecule has 0 rings (SSSR count). The zero-order valence-electron chi connectivity index (χ0n) is 10.7. The van der Waals surface area contributed by atoms with Crippen molar-refractivity contribution in [1.29, 1.82) is 0 Å². The maximum atomic E-state index is 11.8. The van der Waals surface area contributed by atoms with Gasteiger partial charge in [-0.15, -0.1) is 12.4 Å². The van der Waals surface area contributed by atoms with Gasteiger partial charge >= 0.3 is 0 Å². The molecule has 2 unspecified atom stereocenters. The molecule has 0 aliphatic rings. The van der Waals surface area contributed by atoms with E-state index in [2.05, 4.69) is 13.2 Å². The number of carbonyl (C=O) groups excluding carboxylic acids is 1. The van der Waals surface area contributed by atoms with Gasteiger partial charge in [-0.2, -0.15) is 11.8 Å². The van der Waals surface area contributed by atoms with Crippen molar-refractivity contribution >= 4 is 30.1 Å². The normalized spacial score (nSPS) is 13.8. The molecule has 0 saturated carbocycles. The summed E-state index contributed by atoms with van der Waals surface area (Å²) in [6.07, 6.45) is 4.85. The molecule has 0 saturated heterocycles. The molecule has 2 atom stereocenters. The average Bonchev–Trinajstić information content (AvgIpc) is 2.24. The highest BCUT2D eigenvalue weighted by Crippen LogP contribution is 2.08. The van der Waals surface area contributed by atoms with Gasteiger partial charge in [0.1, 0.15) is 0 Å². The lowest BCUT2D eigenvalue weighted by molar-refractivity contribution is -0.133. The van der Waals surface area contributed by atoms with Gasteiger partial charge in [-0.3, -0.25) is 4.79 Å². The minimum absolute atomic E-state index is 0. The second-order valence-corrected chi connectivity index (χ2v) is 4.96. The fourth-order valence-corrected chi connectivity index (χ4v) is 1.97. The van der Waals surface area contributed by atoms with Crippen molar-refractivity contribution < 1.29 is 4.79 Å². The lowest BCUT2D eigenvalue weighted by Gasteiger charge is -2.27. The molecule has 3 nitrogen and oxygen atoms in total. The maximum absolute atomic E-state index is 11.8. The summed E-state index contributed by atoms with van der Waals surface area (Å²) in [5.74, 6) is 1.16. The molecular formula is C11H25ClN2OS. The number of nitrogens with zero attached hydrogens (tertiary/aromatic N) is 1. The van der Waals surface area contributed by atoms with Crippen molar-refractivity contribution in [2.24, 2.45) is 5.73 Å². The molecule has 1 amide bonds. The molecule has 5 heteroatoms. The Hall–Kier alpha value is 0.0700. The Morgan fingerprint density at radius 2 is 2.00 bits per heavy atom. The summed E-state index contributed by atoms with van der Waals surface area (Å²) in [7, 11) is 1.85. The van der Waals surface area contributed by atoms with E-state index in [4.69, 9.17) is 5.73 Å². The summed E-state index contributed by atoms with van der Waals surface area (Å²) in [5.41, 5.74) is 5.80. The molecule has 0 spiro atoms. The third kappa shape index (κ3) is 6.61. The molecule has 0 aromatic heterocycles. The van der Waals surface area contributed by atoms with Crippen LogP contribution in [0.2, 0.25) is 0 Å². The van der Waals surface area contributed by atoms with Crippen LogP contribution >= 0.6 is 24.2 Å². The van der Waals surface area contributed by atoms with Crippen LogP contribution in [0.1, 0.15) is 33.1 Å². The Morgan fingerprint density at radius 1 is 1.44 bits per heavy atom. The molecule has 98 valence electrons. The van der Waals surface area contributed by atoms with Gasteiger partial charge in [0.2, 0.25) is 5.91 Å². The first-order valence-corrected chi connectivity index (χ1v) is 6.95. The predicted octanol–water partition coefficient (Wildman–Crippen LogP) is 2.14. The van der Waals surface area contributed by atoms with Crippen molar-refractivity contribution in [2.45, 2.75) is 45.2 Å². The van der Waals surface area contributed by atoms with Crippen LogP contribution in [-0.2, 0) is 4.79 Å². The van der Waals surface area contributed by atoms with Gasteiger partial charge < -0.3 is 10.6 Å². The van der Waals surface area contributed by atoms with E-state index in [-0.39, 0.29) is 30.4 Å². The molecule has 2 N–H and O–H groups in total. The average molecular weight is 269 g/mol. The highest BCUT2D eigenvalue weighted by Gasteiger charge is 2.20. The van der Waals surface area contributed by atoms with Crippen molar-refractivity contribution in [2.75, 3.05) is 19.1 Å². The van der Waals surface area contributed by atoms with E-state index < -0.39 is 0 Å². The second kappa shape index (κ2) is 10.2. The largest absolute Gasteiger partial charge is 0.342 e. The lowest BCUT2D eigenvalue weighted by Crippen LogP contribution is -2.45. The Balaban J connectivity index is 0. The van der Waals surface area contributed by atoms with Crippen molar-refractivity contribution in [3.63, 3.8) is 0 Å². The van der Waals surface area contributed by atoms with Crippen LogP contribution in [-0.4, -0.2) is 41.9 Å². The van der Waals surface area contributed by atoms with Gasteiger partial charge in [0.15, 0.2) is 0 Å². The standard InChI is InChI=1S/C11H24N2OS.ClH/c1-5-6-10(12)11(14)13(3)9(2)7-8-15-4;/h9-10H,5-8,12H2,1-4H3;1H. The van der Waals surface area contributed by atoms with Crippen molar-refractivity contribution in [1.82, 2.24) is 4.90 Å². The van der Waals surface area contributed by atoms with Gasteiger partial charge in [-0.25, -0.2) is 0 Å². The van der Waals surface area contributed by atoms with Gasteiger partial charge in [0, 0.05) is 13.1 Å². The van der Waals surface area contributed by atoms with E-state index in [0.29, 0.717) is 0 Å². The first-order chi connectivity index (χ1) is 7.04. The molecule has 16 heavy (non-hydrogen) atoms. The summed E-state index contributed by atoms with van der Waals surface area (Å²) in [6.45, 7) is 4.12. The predicted molar refractivity (Wildman–Crippen MR) is 75.4 cm³/mol. The highest BCUT2D eigenvalue weighted by molar-refractivity contribution is 7.98. The molecule has 0 fully saturated rings. The van der Waals surface area contributed by atoms with Gasteiger partial charge in [-0.05, 0) is 31.8 Å². The number of hydrogen-bond acceptors (Lipinski definition) is 3. The van der Waals surface area contributed by atoms with Crippen molar-refractivity contribution in [3.05, 3.63) is 0 Å². The number of halogens is 1. The zero-order valence-corrected chi connectivity index (χ0v) is 12.4. The Kier molecular flexibility index (Phi) is 11.8. The van der Waals surface area contributed by atoms with Crippen LogP contribution in [0.4, 0.5) is 0 Å². The van der Waals surface area contributed by atoms with Crippen LogP contribution in [0.15, 0.2) is 0 Å². The number of rotatable bonds is 7. The number of nitrogens with two attached hydrogens (primary N) is 1. The SMILES string of the molecule is CCCC(N)C(=O)N(C)C(C)CCSC.Cl. The fraction of sp³-hybridized carbons (Fsp3) is 0.909. The number of amides is 1. The first kappa shape index (κ1) is 18.4. The van der Waals surface area contributed by atoms with Crippen LogP contribution < -0.4 is 5.73 Å². The third-order valence-electron chi connectivity index (χ3n) is 2.67. The maximum Gasteiger partial charge on any atom is 0.239 e. The third-order valence-corrected chi connectivity index (χ3v) is 3.31. The summed E-state index contributed by atoms with van der Waals surface area (Å²) in [4.78, 5) is 13.6. The van der Waals surface area contributed by atoms with Crippen LogP contribution in [0.5, 0.6) is 0 Å². The number of likely N-dealkylation sites (N-methyl/N-ethyl adjacent to an activating group) is 1. The minimum atomic E-state index is -0.322. The monoisotopic (exact) mass is 268 g/mol. The summed E-state index contributed by atoms with van der Waals surface area (Å²) >= 11 is 1.81. The number of carbonyl (C=O) groups is 1. The highest BCUT2D eigenvalue weighted by atomic mass is 35.5. The van der Waals surface area contributed by atoms with Crippen molar-refractivity contribution in [3.8, 4) is 0 Å².